The molecule has 3 unspecified atom stereocenters. The molecule has 0 spiro atoms. The Morgan fingerprint density at radius 2 is 2.00 bits per heavy atom. The summed E-state index contributed by atoms with van der Waals surface area (Å²) in [6.45, 7) is 7.03. The van der Waals surface area contributed by atoms with Crippen LogP contribution in [0.25, 0.3) is 0 Å². The molecule has 1 aliphatic rings. The van der Waals surface area contributed by atoms with Gasteiger partial charge in [0.1, 0.15) is 0 Å². The summed E-state index contributed by atoms with van der Waals surface area (Å²) in [5.41, 5.74) is 0. The molecule has 0 aliphatic heterocycles. The van der Waals surface area contributed by atoms with Gasteiger partial charge in [-0.1, -0.05) is 27.2 Å². The molecule has 0 heterocycles. The van der Waals surface area contributed by atoms with Crippen molar-refractivity contribution in [1.29, 1.82) is 0 Å². The lowest BCUT2D eigenvalue weighted by Crippen LogP contribution is -2.31. The summed E-state index contributed by atoms with van der Waals surface area (Å²) in [5, 5.41) is 0. The summed E-state index contributed by atoms with van der Waals surface area (Å²) in [5.74, 6) is 3.09. The molecular formula is C8H16. The summed E-state index contributed by atoms with van der Waals surface area (Å²) in [7, 11) is 0. The van der Waals surface area contributed by atoms with Gasteiger partial charge >= 0.3 is 0 Å². The van der Waals surface area contributed by atoms with Crippen LogP contribution in [-0.2, 0) is 0 Å². The van der Waals surface area contributed by atoms with Crippen LogP contribution in [0, 0.1) is 17.8 Å². The SMILES string of the molecule is CCC1CC(C)C1C. The van der Waals surface area contributed by atoms with Crippen molar-refractivity contribution < 1.29 is 0 Å². The van der Waals surface area contributed by atoms with Crippen molar-refractivity contribution in [3.05, 3.63) is 0 Å². The third-order valence-corrected chi connectivity index (χ3v) is 2.84. The van der Waals surface area contributed by atoms with Gasteiger partial charge in [0.25, 0.3) is 0 Å². The maximum absolute atomic E-state index is 2.38. The van der Waals surface area contributed by atoms with Crippen LogP contribution in [0.5, 0.6) is 0 Å². The van der Waals surface area contributed by atoms with Crippen molar-refractivity contribution in [2.45, 2.75) is 33.6 Å². The fraction of sp³-hybridized carbons (Fsp3) is 1.00. The van der Waals surface area contributed by atoms with Crippen LogP contribution in [0.4, 0.5) is 0 Å². The minimum absolute atomic E-state index is 1.01. The largest absolute Gasteiger partial charge is 0.0651 e. The molecule has 3 atom stereocenters. The van der Waals surface area contributed by atoms with Crippen LogP contribution in [0.3, 0.4) is 0 Å². The third-order valence-electron chi connectivity index (χ3n) is 2.84. The van der Waals surface area contributed by atoms with Gasteiger partial charge in [0.05, 0.1) is 0 Å². The summed E-state index contributed by atoms with van der Waals surface area (Å²) in [6.07, 6.45) is 2.88. The van der Waals surface area contributed by atoms with Gasteiger partial charge in [-0.25, -0.2) is 0 Å². The van der Waals surface area contributed by atoms with Gasteiger partial charge in [-0.3, -0.25) is 0 Å². The Morgan fingerprint density at radius 3 is 2.12 bits per heavy atom. The molecule has 0 N–H and O–H groups in total. The van der Waals surface area contributed by atoms with Crippen LogP contribution in [0.2, 0.25) is 0 Å². The number of hydrogen-bond acceptors (Lipinski definition) is 0. The lowest BCUT2D eigenvalue weighted by Gasteiger charge is -2.40. The molecular weight excluding hydrogens is 96.1 g/mol. The molecule has 0 radical (unpaired) electrons. The van der Waals surface area contributed by atoms with E-state index in [0.29, 0.717) is 0 Å². The monoisotopic (exact) mass is 112 g/mol. The Bertz CT molecular complexity index is 76.1. The minimum atomic E-state index is 1.01. The number of hydrogen-bond donors (Lipinski definition) is 0. The summed E-state index contributed by atoms with van der Waals surface area (Å²) in [4.78, 5) is 0. The van der Waals surface area contributed by atoms with Crippen LogP contribution in [-0.4, -0.2) is 0 Å². The normalized spacial score (nSPS) is 46.1. The molecule has 1 saturated carbocycles. The molecule has 0 nitrogen and oxygen atoms in total. The molecule has 48 valence electrons. The first-order chi connectivity index (χ1) is 3.75. The Balaban J connectivity index is 2.25. The summed E-state index contributed by atoms with van der Waals surface area (Å²) < 4.78 is 0. The topological polar surface area (TPSA) is 0 Å². The minimum Gasteiger partial charge on any atom is -0.0651 e. The Morgan fingerprint density at radius 1 is 1.38 bits per heavy atom. The third kappa shape index (κ3) is 0.765. The first kappa shape index (κ1) is 6.12. The van der Waals surface area contributed by atoms with E-state index in [0.717, 1.165) is 17.8 Å². The first-order valence-corrected chi connectivity index (χ1v) is 3.75. The highest BCUT2D eigenvalue weighted by Gasteiger charge is 2.32. The second kappa shape index (κ2) is 2.08. The van der Waals surface area contributed by atoms with Crippen LogP contribution < -0.4 is 0 Å². The van der Waals surface area contributed by atoms with Crippen molar-refractivity contribution >= 4 is 0 Å². The maximum Gasteiger partial charge on any atom is -0.0386 e. The van der Waals surface area contributed by atoms with Gasteiger partial charge in [-0.2, -0.15) is 0 Å². The predicted octanol–water partition coefficient (Wildman–Crippen LogP) is 2.69. The molecule has 1 fully saturated rings. The quantitative estimate of drug-likeness (QED) is 0.489. The van der Waals surface area contributed by atoms with Gasteiger partial charge in [0.15, 0.2) is 0 Å². The predicted molar refractivity (Wildman–Crippen MR) is 36.7 cm³/mol. The fourth-order valence-electron chi connectivity index (χ4n) is 1.71. The average Bonchev–Trinajstić information content (AvgIpc) is 1.81. The Kier molecular flexibility index (Phi) is 1.59. The van der Waals surface area contributed by atoms with E-state index in [1.807, 2.05) is 0 Å². The van der Waals surface area contributed by atoms with E-state index in [-0.39, 0.29) is 0 Å². The van der Waals surface area contributed by atoms with Gasteiger partial charge in [-0.05, 0) is 24.2 Å². The molecule has 1 aliphatic carbocycles. The van der Waals surface area contributed by atoms with E-state index in [2.05, 4.69) is 20.8 Å². The van der Waals surface area contributed by atoms with E-state index < -0.39 is 0 Å². The van der Waals surface area contributed by atoms with Gasteiger partial charge in [0.2, 0.25) is 0 Å². The fourth-order valence-corrected chi connectivity index (χ4v) is 1.71. The maximum atomic E-state index is 2.38. The van der Waals surface area contributed by atoms with Gasteiger partial charge in [-0.15, -0.1) is 0 Å². The number of rotatable bonds is 1. The van der Waals surface area contributed by atoms with Crippen LogP contribution >= 0.6 is 0 Å². The summed E-state index contributed by atoms with van der Waals surface area (Å²) >= 11 is 0. The lowest BCUT2D eigenvalue weighted by atomic mass is 9.66. The van der Waals surface area contributed by atoms with Crippen molar-refractivity contribution in [1.82, 2.24) is 0 Å². The van der Waals surface area contributed by atoms with E-state index >= 15 is 0 Å². The smallest absolute Gasteiger partial charge is 0.0386 e. The molecule has 0 heteroatoms. The molecule has 0 saturated heterocycles. The highest BCUT2D eigenvalue weighted by molar-refractivity contribution is 4.82. The van der Waals surface area contributed by atoms with E-state index in [1.165, 1.54) is 12.8 Å². The van der Waals surface area contributed by atoms with Gasteiger partial charge < -0.3 is 0 Å². The van der Waals surface area contributed by atoms with E-state index in [1.54, 1.807) is 0 Å². The second-order valence-corrected chi connectivity index (χ2v) is 3.24. The zero-order valence-corrected chi connectivity index (χ0v) is 6.15. The molecule has 0 aromatic rings. The Labute approximate surface area is 52.3 Å². The first-order valence-electron chi connectivity index (χ1n) is 3.75. The Hall–Kier alpha value is 0. The average molecular weight is 112 g/mol. The molecule has 0 amide bonds. The van der Waals surface area contributed by atoms with Crippen molar-refractivity contribution in [2.75, 3.05) is 0 Å². The van der Waals surface area contributed by atoms with Crippen molar-refractivity contribution in [3.8, 4) is 0 Å². The van der Waals surface area contributed by atoms with Crippen molar-refractivity contribution in [2.24, 2.45) is 17.8 Å². The highest BCUT2D eigenvalue weighted by Crippen LogP contribution is 2.41. The van der Waals surface area contributed by atoms with E-state index in [9.17, 15) is 0 Å². The molecule has 0 bridgehead atoms. The molecule has 0 aromatic heterocycles. The van der Waals surface area contributed by atoms with Crippen LogP contribution in [0.1, 0.15) is 33.6 Å². The second-order valence-electron chi connectivity index (χ2n) is 3.24. The molecule has 0 aromatic carbocycles. The molecule has 8 heavy (non-hydrogen) atoms. The zero-order chi connectivity index (χ0) is 6.15. The van der Waals surface area contributed by atoms with Crippen LogP contribution in [0.15, 0.2) is 0 Å². The highest BCUT2D eigenvalue weighted by atomic mass is 14.4. The zero-order valence-electron chi connectivity index (χ0n) is 6.15. The van der Waals surface area contributed by atoms with Gasteiger partial charge in [0, 0.05) is 0 Å². The summed E-state index contributed by atoms with van der Waals surface area (Å²) in [6, 6.07) is 0. The van der Waals surface area contributed by atoms with Crippen molar-refractivity contribution in [3.63, 3.8) is 0 Å². The lowest BCUT2D eigenvalue weighted by molar-refractivity contribution is 0.0998. The standard InChI is InChI=1S/C8H16/c1-4-8-5-6(2)7(8)3/h6-8H,4-5H2,1-3H3. The molecule has 1 rings (SSSR count). The van der Waals surface area contributed by atoms with E-state index in [4.69, 9.17) is 0 Å².